The molecule has 94 valence electrons. The lowest BCUT2D eigenvalue weighted by Crippen LogP contribution is -2.38. The summed E-state index contributed by atoms with van der Waals surface area (Å²) in [5, 5.41) is 13.7. The fourth-order valence-electron chi connectivity index (χ4n) is 2.44. The maximum atomic E-state index is 10.4. The first-order valence-corrected chi connectivity index (χ1v) is 6.41. The van der Waals surface area contributed by atoms with Crippen LogP contribution in [0.4, 0.5) is 11.4 Å². The van der Waals surface area contributed by atoms with E-state index in [0.717, 1.165) is 42.6 Å². The topological polar surface area (TPSA) is 58.3 Å². The van der Waals surface area contributed by atoms with Gasteiger partial charge in [-0.3, -0.25) is 0 Å². The summed E-state index contributed by atoms with van der Waals surface area (Å²) in [5.74, 6) is 0. The van der Waals surface area contributed by atoms with Crippen molar-refractivity contribution in [1.29, 1.82) is 0 Å². The molecule has 0 radical (unpaired) electrons. The second kappa shape index (κ2) is 4.96. The smallest absolute Gasteiger partial charge is 0.0819 e. The van der Waals surface area contributed by atoms with Crippen LogP contribution in [-0.2, 0) is 0 Å². The van der Waals surface area contributed by atoms with E-state index in [9.17, 15) is 5.11 Å². The molecule has 1 fully saturated rings. The molecule has 3 heteroatoms. The van der Waals surface area contributed by atoms with Gasteiger partial charge in [0.1, 0.15) is 0 Å². The molecule has 1 aromatic carbocycles. The molecule has 1 saturated carbocycles. The minimum Gasteiger partial charge on any atom is -0.399 e. The van der Waals surface area contributed by atoms with E-state index in [1.807, 2.05) is 25.1 Å². The van der Waals surface area contributed by atoms with E-state index in [0.29, 0.717) is 6.54 Å². The first kappa shape index (κ1) is 12.2. The van der Waals surface area contributed by atoms with E-state index in [-0.39, 0.29) is 0 Å². The third kappa shape index (κ3) is 3.13. The van der Waals surface area contributed by atoms with Crippen LogP contribution in [0.1, 0.15) is 37.7 Å². The Morgan fingerprint density at radius 2 is 2.00 bits per heavy atom. The molecular weight excluding hydrogens is 212 g/mol. The number of nitrogens with two attached hydrogens (primary N) is 1. The highest BCUT2D eigenvalue weighted by atomic mass is 16.3. The summed E-state index contributed by atoms with van der Waals surface area (Å²) in [4.78, 5) is 0. The molecule has 0 unspecified atom stereocenters. The van der Waals surface area contributed by atoms with Crippen molar-refractivity contribution in [2.24, 2.45) is 0 Å². The predicted molar refractivity (Wildman–Crippen MR) is 72.1 cm³/mol. The fraction of sp³-hybridized carbons (Fsp3) is 0.571. The van der Waals surface area contributed by atoms with Gasteiger partial charge in [-0.05, 0) is 43.5 Å². The molecule has 0 aliphatic heterocycles. The zero-order chi connectivity index (χ0) is 12.3. The summed E-state index contributed by atoms with van der Waals surface area (Å²) in [7, 11) is 0. The molecule has 0 bridgehead atoms. The maximum Gasteiger partial charge on any atom is 0.0819 e. The van der Waals surface area contributed by atoms with Crippen molar-refractivity contribution < 1.29 is 5.11 Å². The fourth-order valence-corrected chi connectivity index (χ4v) is 2.44. The number of aryl methyl sites for hydroxylation is 1. The van der Waals surface area contributed by atoms with Gasteiger partial charge in [-0.2, -0.15) is 0 Å². The molecular formula is C14H22N2O. The average Bonchev–Trinajstić information content (AvgIpc) is 2.32. The van der Waals surface area contributed by atoms with Crippen LogP contribution in [0.3, 0.4) is 0 Å². The van der Waals surface area contributed by atoms with Crippen LogP contribution >= 0.6 is 0 Å². The Morgan fingerprint density at radius 3 is 2.65 bits per heavy atom. The van der Waals surface area contributed by atoms with Crippen LogP contribution in [0.2, 0.25) is 0 Å². The third-order valence-corrected chi connectivity index (χ3v) is 3.68. The minimum absolute atomic E-state index is 0.520. The normalized spacial score (nSPS) is 18.9. The second-order valence-corrected chi connectivity index (χ2v) is 5.21. The Kier molecular flexibility index (Phi) is 3.57. The molecule has 3 nitrogen and oxygen atoms in total. The number of rotatable bonds is 3. The Hall–Kier alpha value is -1.22. The quantitative estimate of drug-likeness (QED) is 0.705. The Bertz CT molecular complexity index is 384. The van der Waals surface area contributed by atoms with Crippen LogP contribution in [0, 0.1) is 6.92 Å². The highest BCUT2D eigenvalue weighted by Gasteiger charge is 2.28. The standard InChI is InChI=1S/C14H22N2O/c1-11-9-12(5-6-13(11)15)16-10-14(17)7-3-2-4-8-14/h5-6,9,16-17H,2-4,7-8,10,15H2,1H3. The summed E-state index contributed by atoms with van der Waals surface area (Å²) in [6.07, 6.45) is 5.35. The maximum absolute atomic E-state index is 10.4. The Balaban J connectivity index is 1.94. The summed E-state index contributed by atoms with van der Waals surface area (Å²) in [6.45, 7) is 2.63. The molecule has 0 atom stereocenters. The van der Waals surface area contributed by atoms with Crippen LogP contribution in [0.25, 0.3) is 0 Å². The number of nitrogen functional groups attached to an aromatic ring is 1. The molecule has 0 heterocycles. The Morgan fingerprint density at radius 1 is 1.29 bits per heavy atom. The van der Waals surface area contributed by atoms with Crippen LogP contribution in [0.5, 0.6) is 0 Å². The van der Waals surface area contributed by atoms with Crippen molar-refractivity contribution in [2.75, 3.05) is 17.6 Å². The lowest BCUT2D eigenvalue weighted by molar-refractivity contribution is 0.0167. The van der Waals surface area contributed by atoms with E-state index in [2.05, 4.69) is 5.32 Å². The van der Waals surface area contributed by atoms with E-state index in [1.54, 1.807) is 0 Å². The van der Waals surface area contributed by atoms with Gasteiger partial charge in [0.05, 0.1) is 5.60 Å². The molecule has 17 heavy (non-hydrogen) atoms. The van der Waals surface area contributed by atoms with E-state index < -0.39 is 5.60 Å². The van der Waals surface area contributed by atoms with Crippen molar-refractivity contribution in [3.8, 4) is 0 Å². The molecule has 0 amide bonds. The van der Waals surface area contributed by atoms with Gasteiger partial charge in [-0.25, -0.2) is 0 Å². The summed E-state index contributed by atoms with van der Waals surface area (Å²) in [5.41, 5.74) is 8.18. The van der Waals surface area contributed by atoms with Gasteiger partial charge < -0.3 is 16.2 Å². The van der Waals surface area contributed by atoms with Gasteiger partial charge in [0.15, 0.2) is 0 Å². The molecule has 0 saturated heterocycles. The van der Waals surface area contributed by atoms with Crippen LogP contribution in [0.15, 0.2) is 18.2 Å². The Labute approximate surface area is 103 Å². The minimum atomic E-state index is -0.520. The SMILES string of the molecule is Cc1cc(NCC2(O)CCCCC2)ccc1N. The molecule has 1 aliphatic rings. The zero-order valence-electron chi connectivity index (χ0n) is 10.5. The summed E-state index contributed by atoms with van der Waals surface area (Å²) >= 11 is 0. The zero-order valence-corrected chi connectivity index (χ0v) is 10.5. The van der Waals surface area contributed by atoms with E-state index in [4.69, 9.17) is 5.73 Å². The number of hydrogen-bond donors (Lipinski definition) is 3. The monoisotopic (exact) mass is 234 g/mol. The summed E-state index contributed by atoms with van der Waals surface area (Å²) in [6, 6.07) is 5.90. The van der Waals surface area contributed by atoms with Gasteiger partial charge in [0, 0.05) is 17.9 Å². The molecule has 2 rings (SSSR count). The van der Waals surface area contributed by atoms with Crippen LogP contribution < -0.4 is 11.1 Å². The van der Waals surface area contributed by atoms with Gasteiger partial charge in [0.2, 0.25) is 0 Å². The number of nitrogens with one attached hydrogen (secondary N) is 1. The van der Waals surface area contributed by atoms with Gasteiger partial charge in [-0.15, -0.1) is 0 Å². The van der Waals surface area contributed by atoms with E-state index >= 15 is 0 Å². The first-order valence-electron chi connectivity index (χ1n) is 6.41. The summed E-state index contributed by atoms with van der Waals surface area (Å²) < 4.78 is 0. The average molecular weight is 234 g/mol. The highest BCUT2D eigenvalue weighted by molar-refractivity contribution is 5.56. The van der Waals surface area contributed by atoms with Gasteiger partial charge in [-0.1, -0.05) is 19.3 Å². The van der Waals surface area contributed by atoms with Gasteiger partial charge >= 0.3 is 0 Å². The van der Waals surface area contributed by atoms with Crippen molar-refractivity contribution in [1.82, 2.24) is 0 Å². The largest absolute Gasteiger partial charge is 0.399 e. The second-order valence-electron chi connectivity index (χ2n) is 5.21. The molecule has 4 N–H and O–H groups in total. The van der Waals surface area contributed by atoms with Crippen molar-refractivity contribution in [2.45, 2.75) is 44.6 Å². The van der Waals surface area contributed by atoms with E-state index in [1.165, 1.54) is 6.42 Å². The predicted octanol–water partition coefficient (Wildman–Crippen LogP) is 2.68. The third-order valence-electron chi connectivity index (χ3n) is 3.68. The lowest BCUT2D eigenvalue weighted by Gasteiger charge is -2.32. The lowest BCUT2D eigenvalue weighted by atomic mass is 9.85. The molecule has 0 aromatic heterocycles. The first-order chi connectivity index (χ1) is 8.09. The van der Waals surface area contributed by atoms with Crippen molar-refractivity contribution in [3.05, 3.63) is 23.8 Å². The van der Waals surface area contributed by atoms with Crippen molar-refractivity contribution >= 4 is 11.4 Å². The number of aliphatic hydroxyl groups is 1. The number of benzene rings is 1. The molecule has 0 spiro atoms. The number of anilines is 2. The van der Waals surface area contributed by atoms with Crippen LogP contribution in [-0.4, -0.2) is 17.3 Å². The van der Waals surface area contributed by atoms with Gasteiger partial charge in [0.25, 0.3) is 0 Å². The molecule has 1 aliphatic carbocycles. The number of hydrogen-bond acceptors (Lipinski definition) is 3. The highest BCUT2D eigenvalue weighted by Crippen LogP contribution is 2.28. The molecule has 1 aromatic rings. The van der Waals surface area contributed by atoms with Crippen molar-refractivity contribution in [3.63, 3.8) is 0 Å².